The maximum atomic E-state index is 13.5. The molecule has 3 N–H and O–H groups in total. The molecule has 0 radical (unpaired) electrons. The molecule has 82 valence electrons. The van der Waals surface area contributed by atoms with E-state index in [2.05, 4.69) is 0 Å². The van der Waals surface area contributed by atoms with Gasteiger partial charge in [0.2, 0.25) is 0 Å². The maximum absolute atomic E-state index is 13.5. The quantitative estimate of drug-likeness (QED) is 0.810. The Morgan fingerprint density at radius 2 is 2.33 bits per heavy atom. The van der Waals surface area contributed by atoms with Gasteiger partial charge in [-0.05, 0) is 25.5 Å². The molecular formula is C11H14FNOS. The van der Waals surface area contributed by atoms with Crippen LogP contribution in [-0.4, -0.2) is 17.4 Å². The summed E-state index contributed by atoms with van der Waals surface area (Å²) >= 11 is 1.47. The fourth-order valence-electron chi connectivity index (χ4n) is 1.98. The first-order chi connectivity index (χ1) is 7.17. The predicted octanol–water partition coefficient (Wildman–Crippen LogP) is 1.86. The van der Waals surface area contributed by atoms with E-state index in [0.29, 0.717) is 29.8 Å². The fraction of sp³-hybridized carbons (Fsp3) is 0.455. The van der Waals surface area contributed by atoms with Crippen LogP contribution in [0.5, 0.6) is 0 Å². The highest BCUT2D eigenvalue weighted by Crippen LogP contribution is 2.42. The smallest absolute Gasteiger partial charge is 0.137 e. The highest BCUT2D eigenvalue weighted by molar-refractivity contribution is 7.99. The van der Waals surface area contributed by atoms with E-state index in [4.69, 9.17) is 5.73 Å². The average molecular weight is 227 g/mol. The van der Waals surface area contributed by atoms with Crippen molar-refractivity contribution in [2.24, 2.45) is 5.73 Å². The molecule has 1 heterocycles. The van der Waals surface area contributed by atoms with E-state index in [1.165, 1.54) is 17.8 Å². The molecule has 0 aliphatic carbocycles. The van der Waals surface area contributed by atoms with Crippen LogP contribution in [0.4, 0.5) is 4.39 Å². The molecule has 0 amide bonds. The van der Waals surface area contributed by atoms with Crippen LogP contribution in [0.2, 0.25) is 0 Å². The summed E-state index contributed by atoms with van der Waals surface area (Å²) in [6, 6.07) is 4.86. The van der Waals surface area contributed by atoms with Crippen molar-refractivity contribution in [3.8, 4) is 0 Å². The molecule has 1 atom stereocenters. The zero-order valence-corrected chi connectivity index (χ0v) is 9.19. The Bertz CT molecular complexity index is 372. The van der Waals surface area contributed by atoms with E-state index in [0.717, 1.165) is 5.75 Å². The summed E-state index contributed by atoms with van der Waals surface area (Å²) in [4.78, 5) is 0.583. The Kier molecular flexibility index (Phi) is 3.00. The topological polar surface area (TPSA) is 46.2 Å². The van der Waals surface area contributed by atoms with Crippen molar-refractivity contribution in [3.05, 3.63) is 29.6 Å². The Balaban J connectivity index is 2.46. The molecule has 0 saturated heterocycles. The molecule has 0 spiro atoms. The van der Waals surface area contributed by atoms with Gasteiger partial charge >= 0.3 is 0 Å². The van der Waals surface area contributed by atoms with Crippen molar-refractivity contribution >= 4 is 11.8 Å². The summed E-state index contributed by atoms with van der Waals surface area (Å²) < 4.78 is 13.5. The zero-order chi connectivity index (χ0) is 10.9. The second kappa shape index (κ2) is 4.12. The second-order valence-electron chi connectivity index (χ2n) is 3.79. The first-order valence-corrected chi connectivity index (χ1v) is 6.00. The monoisotopic (exact) mass is 227 g/mol. The van der Waals surface area contributed by atoms with Gasteiger partial charge in [0, 0.05) is 16.2 Å². The van der Waals surface area contributed by atoms with Crippen molar-refractivity contribution in [3.63, 3.8) is 0 Å². The lowest BCUT2D eigenvalue weighted by Crippen LogP contribution is -2.32. The van der Waals surface area contributed by atoms with Gasteiger partial charge in [-0.3, -0.25) is 0 Å². The zero-order valence-electron chi connectivity index (χ0n) is 8.37. The summed E-state index contributed by atoms with van der Waals surface area (Å²) in [5, 5.41) is 10.4. The van der Waals surface area contributed by atoms with E-state index < -0.39 is 5.60 Å². The molecule has 1 unspecified atom stereocenters. The van der Waals surface area contributed by atoms with Gasteiger partial charge < -0.3 is 10.8 Å². The van der Waals surface area contributed by atoms with Gasteiger partial charge in [-0.1, -0.05) is 12.1 Å². The van der Waals surface area contributed by atoms with Gasteiger partial charge in [-0.15, -0.1) is 11.8 Å². The number of aliphatic hydroxyl groups is 1. The third-order valence-electron chi connectivity index (χ3n) is 2.79. The van der Waals surface area contributed by atoms with Crippen LogP contribution in [0.15, 0.2) is 23.1 Å². The number of halogens is 1. The van der Waals surface area contributed by atoms with E-state index in [-0.39, 0.29) is 5.82 Å². The highest BCUT2D eigenvalue weighted by atomic mass is 32.2. The third-order valence-corrected chi connectivity index (χ3v) is 3.90. The van der Waals surface area contributed by atoms with Gasteiger partial charge in [0.1, 0.15) is 5.82 Å². The lowest BCUT2D eigenvalue weighted by molar-refractivity contribution is 0.0221. The normalized spacial score (nSPS) is 25.0. The number of hydrogen-bond acceptors (Lipinski definition) is 3. The fourth-order valence-corrected chi connectivity index (χ4v) is 3.24. The van der Waals surface area contributed by atoms with Crippen molar-refractivity contribution in [2.75, 3.05) is 12.3 Å². The molecule has 4 heteroatoms. The van der Waals surface area contributed by atoms with Crippen LogP contribution in [0.25, 0.3) is 0 Å². The van der Waals surface area contributed by atoms with E-state index in [1.54, 1.807) is 12.1 Å². The minimum atomic E-state index is -0.933. The molecule has 0 fully saturated rings. The van der Waals surface area contributed by atoms with Gasteiger partial charge in [-0.25, -0.2) is 4.39 Å². The summed E-state index contributed by atoms with van der Waals surface area (Å²) in [7, 11) is 0. The number of thioether (sulfide) groups is 1. The minimum Gasteiger partial charge on any atom is -0.385 e. The van der Waals surface area contributed by atoms with Gasteiger partial charge in [0.25, 0.3) is 0 Å². The standard InChI is InChI=1S/C11H14FNOS/c12-9-3-1-2-8-10(9)15-7-5-11(8,14)4-6-13/h1-3,14H,4-7,13H2. The molecule has 1 aromatic rings. The minimum absolute atomic E-state index is 0.243. The second-order valence-corrected chi connectivity index (χ2v) is 4.89. The van der Waals surface area contributed by atoms with Gasteiger partial charge in [-0.2, -0.15) is 0 Å². The maximum Gasteiger partial charge on any atom is 0.137 e. The Hall–Kier alpha value is -0.580. The Labute approximate surface area is 92.7 Å². The molecule has 2 nitrogen and oxygen atoms in total. The number of rotatable bonds is 2. The molecule has 1 aromatic carbocycles. The summed E-state index contributed by atoms with van der Waals surface area (Å²) in [6.45, 7) is 0.414. The summed E-state index contributed by atoms with van der Waals surface area (Å²) in [6.07, 6.45) is 1.13. The molecule has 0 aromatic heterocycles. The number of nitrogens with two attached hydrogens (primary N) is 1. The lowest BCUT2D eigenvalue weighted by Gasteiger charge is -2.33. The molecular weight excluding hydrogens is 213 g/mol. The van der Waals surface area contributed by atoms with Crippen LogP contribution in [0.3, 0.4) is 0 Å². The van der Waals surface area contributed by atoms with Gasteiger partial charge in [0.05, 0.1) is 5.60 Å². The van der Waals surface area contributed by atoms with Crippen LogP contribution >= 0.6 is 11.8 Å². The van der Waals surface area contributed by atoms with Crippen LogP contribution < -0.4 is 5.73 Å². The van der Waals surface area contributed by atoms with Gasteiger partial charge in [0.15, 0.2) is 0 Å². The number of benzene rings is 1. The summed E-state index contributed by atoms with van der Waals surface area (Å²) in [5.41, 5.74) is 5.24. The van der Waals surface area contributed by atoms with E-state index in [9.17, 15) is 9.50 Å². The van der Waals surface area contributed by atoms with Crippen LogP contribution in [-0.2, 0) is 5.60 Å². The number of fused-ring (bicyclic) bond motifs is 1. The molecule has 2 rings (SSSR count). The number of hydrogen-bond donors (Lipinski definition) is 2. The highest BCUT2D eigenvalue weighted by Gasteiger charge is 2.35. The van der Waals surface area contributed by atoms with Crippen molar-refractivity contribution in [1.82, 2.24) is 0 Å². The SMILES string of the molecule is NCCC1(O)CCSc2c(F)cccc21. The average Bonchev–Trinajstić information content (AvgIpc) is 2.20. The molecule has 0 bridgehead atoms. The first kappa shape index (κ1) is 10.9. The molecule has 1 aliphatic rings. The van der Waals surface area contributed by atoms with E-state index in [1.807, 2.05) is 0 Å². The summed E-state index contributed by atoms with van der Waals surface area (Å²) in [5.74, 6) is 0.498. The van der Waals surface area contributed by atoms with Crippen molar-refractivity contribution in [2.45, 2.75) is 23.3 Å². The van der Waals surface area contributed by atoms with Crippen molar-refractivity contribution < 1.29 is 9.50 Å². The third kappa shape index (κ3) is 1.89. The largest absolute Gasteiger partial charge is 0.385 e. The van der Waals surface area contributed by atoms with Crippen LogP contribution in [0.1, 0.15) is 18.4 Å². The predicted molar refractivity (Wildman–Crippen MR) is 59.3 cm³/mol. The first-order valence-electron chi connectivity index (χ1n) is 5.01. The molecule has 0 saturated carbocycles. The van der Waals surface area contributed by atoms with Crippen LogP contribution in [0, 0.1) is 5.82 Å². The van der Waals surface area contributed by atoms with E-state index >= 15 is 0 Å². The van der Waals surface area contributed by atoms with Crippen molar-refractivity contribution in [1.29, 1.82) is 0 Å². The molecule has 15 heavy (non-hydrogen) atoms. The Morgan fingerprint density at radius 3 is 3.07 bits per heavy atom. The molecule has 1 aliphatic heterocycles. The lowest BCUT2D eigenvalue weighted by atomic mass is 9.87. The Morgan fingerprint density at radius 1 is 1.53 bits per heavy atom.